The van der Waals surface area contributed by atoms with Crippen molar-refractivity contribution in [3.63, 3.8) is 0 Å². The minimum absolute atomic E-state index is 0.0526. The van der Waals surface area contributed by atoms with E-state index in [4.69, 9.17) is 9.47 Å². The van der Waals surface area contributed by atoms with Crippen molar-refractivity contribution < 1.29 is 37.0 Å². The molecule has 0 unspecified atom stereocenters. The summed E-state index contributed by atoms with van der Waals surface area (Å²) in [6.45, 7) is 2.36. The number of urea groups is 1. The normalized spacial score (nSPS) is 22.6. The summed E-state index contributed by atoms with van der Waals surface area (Å²) < 4.78 is 48.7. The van der Waals surface area contributed by atoms with E-state index >= 15 is 0 Å². The maximum absolute atomic E-state index is 13.2. The first-order chi connectivity index (χ1) is 15.9. The van der Waals surface area contributed by atoms with Crippen molar-refractivity contribution in [3.8, 4) is 5.75 Å². The number of nitrogens with zero attached hydrogens (tertiary/aromatic N) is 1. The molecule has 2 aliphatic rings. The van der Waals surface area contributed by atoms with Gasteiger partial charge in [0.15, 0.2) is 0 Å². The number of hydrogen-bond acceptors (Lipinski definition) is 5. The van der Waals surface area contributed by atoms with E-state index in [9.17, 15) is 27.6 Å². The second kappa shape index (κ2) is 10.5. The fourth-order valence-corrected chi connectivity index (χ4v) is 4.01. The van der Waals surface area contributed by atoms with Gasteiger partial charge in [0.1, 0.15) is 25.0 Å². The van der Waals surface area contributed by atoms with Gasteiger partial charge in [-0.3, -0.25) is 9.59 Å². The van der Waals surface area contributed by atoms with Crippen LogP contribution in [0, 0.1) is 0 Å². The molecular weight excluding hydrogens is 457 g/mol. The van der Waals surface area contributed by atoms with E-state index in [1.807, 2.05) is 19.2 Å². The van der Waals surface area contributed by atoms with Gasteiger partial charge in [0.05, 0.1) is 24.1 Å². The van der Waals surface area contributed by atoms with Crippen molar-refractivity contribution in [2.45, 2.75) is 63.6 Å². The van der Waals surface area contributed by atoms with Gasteiger partial charge < -0.3 is 30.3 Å². The molecule has 34 heavy (non-hydrogen) atoms. The molecule has 1 saturated heterocycles. The molecule has 4 amide bonds. The molecular formula is C22H29F3N4O5. The van der Waals surface area contributed by atoms with Gasteiger partial charge >= 0.3 is 12.2 Å². The highest BCUT2D eigenvalue weighted by Crippen LogP contribution is 2.32. The highest BCUT2D eigenvalue weighted by Gasteiger charge is 2.39. The van der Waals surface area contributed by atoms with Gasteiger partial charge in [-0.2, -0.15) is 13.2 Å². The number of amides is 4. The van der Waals surface area contributed by atoms with Crippen LogP contribution in [0.1, 0.15) is 43.5 Å². The van der Waals surface area contributed by atoms with Crippen LogP contribution in [-0.2, 0) is 9.53 Å². The molecule has 3 atom stereocenters. The Balaban J connectivity index is 1.67. The van der Waals surface area contributed by atoms with E-state index in [1.54, 1.807) is 30.1 Å². The Hall–Kier alpha value is -3.02. The summed E-state index contributed by atoms with van der Waals surface area (Å²) in [6, 6.07) is 3.96. The molecule has 3 rings (SSSR count). The molecule has 2 aliphatic heterocycles. The third-order valence-corrected chi connectivity index (χ3v) is 5.59. The Labute approximate surface area is 195 Å². The van der Waals surface area contributed by atoms with Crippen LogP contribution in [0.3, 0.4) is 0 Å². The molecule has 3 N–H and O–H groups in total. The first kappa shape index (κ1) is 25.6. The number of rotatable bonds is 5. The SMILES string of the molecule is CC(C)NC(=O)Nc1ccc2c(c1)C(=O)N(C)[C@@H]1CC[C@H](CC(=O)NCC(F)(F)F)O[C@@H]1CO2. The molecule has 1 fully saturated rings. The van der Waals surface area contributed by atoms with Gasteiger partial charge in [0, 0.05) is 18.8 Å². The van der Waals surface area contributed by atoms with Crippen LogP contribution < -0.4 is 20.7 Å². The van der Waals surface area contributed by atoms with Crippen molar-refractivity contribution in [2.24, 2.45) is 0 Å². The Morgan fingerprint density at radius 1 is 1.24 bits per heavy atom. The lowest BCUT2D eigenvalue weighted by molar-refractivity contribution is -0.144. The van der Waals surface area contributed by atoms with Gasteiger partial charge in [0.2, 0.25) is 5.91 Å². The molecule has 0 aliphatic carbocycles. The van der Waals surface area contributed by atoms with E-state index in [0.717, 1.165) is 0 Å². The molecule has 188 valence electrons. The zero-order valence-electron chi connectivity index (χ0n) is 19.2. The highest BCUT2D eigenvalue weighted by molar-refractivity contribution is 5.99. The Bertz CT molecular complexity index is 924. The summed E-state index contributed by atoms with van der Waals surface area (Å²) in [5.41, 5.74) is 0.723. The lowest BCUT2D eigenvalue weighted by atomic mass is 9.94. The first-order valence-corrected chi connectivity index (χ1v) is 11.0. The van der Waals surface area contributed by atoms with Crippen LogP contribution >= 0.6 is 0 Å². The lowest BCUT2D eigenvalue weighted by Crippen LogP contribution is -2.54. The lowest BCUT2D eigenvalue weighted by Gasteiger charge is -2.42. The molecule has 0 aromatic heterocycles. The van der Waals surface area contributed by atoms with Gasteiger partial charge in [-0.25, -0.2) is 4.79 Å². The second-order valence-corrected chi connectivity index (χ2v) is 8.73. The Morgan fingerprint density at radius 3 is 2.65 bits per heavy atom. The van der Waals surface area contributed by atoms with E-state index < -0.39 is 36.9 Å². The molecule has 1 aromatic carbocycles. The van der Waals surface area contributed by atoms with E-state index in [1.165, 1.54) is 0 Å². The molecule has 0 radical (unpaired) electrons. The zero-order valence-corrected chi connectivity index (χ0v) is 19.2. The number of carbonyl (C=O) groups excluding carboxylic acids is 3. The summed E-state index contributed by atoms with van der Waals surface area (Å²) in [7, 11) is 1.64. The summed E-state index contributed by atoms with van der Waals surface area (Å²) >= 11 is 0. The molecule has 1 aromatic rings. The van der Waals surface area contributed by atoms with Crippen molar-refractivity contribution in [1.29, 1.82) is 0 Å². The number of halogens is 3. The van der Waals surface area contributed by atoms with Crippen molar-refractivity contribution in [3.05, 3.63) is 23.8 Å². The van der Waals surface area contributed by atoms with Gasteiger partial charge in [-0.15, -0.1) is 0 Å². The smallest absolute Gasteiger partial charge is 0.405 e. The molecule has 0 spiro atoms. The third-order valence-electron chi connectivity index (χ3n) is 5.59. The summed E-state index contributed by atoms with van der Waals surface area (Å²) in [5, 5.41) is 7.24. The van der Waals surface area contributed by atoms with Crippen LogP contribution in [0.25, 0.3) is 0 Å². The van der Waals surface area contributed by atoms with Crippen LogP contribution in [0.5, 0.6) is 5.75 Å². The van der Waals surface area contributed by atoms with E-state index in [2.05, 4.69) is 10.6 Å². The van der Waals surface area contributed by atoms with Crippen LogP contribution in [-0.4, -0.2) is 73.4 Å². The summed E-state index contributed by atoms with van der Waals surface area (Å²) in [4.78, 5) is 38.6. The first-order valence-electron chi connectivity index (χ1n) is 11.0. The minimum atomic E-state index is -4.48. The number of benzene rings is 1. The second-order valence-electron chi connectivity index (χ2n) is 8.73. The number of nitrogens with one attached hydrogen (secondary N) is 3. The molecule has 0 bridgehead atoms. The van der Waals surface area contributed by atoms with E-state index in [0.29, 0.717) is 24.3 Å². The van der Waals surface area contributed by atoms with Crippen molar-refractivity contribution in [2.75, 3.05) is 25.5 Å². The quantitative estimate of drug-likeness (QED) is 0.593. The van der Waals surface area contributed by atoms with Crippen LogP contribution in [0.4, 0.5) is 23.7 Å². The standard InChI is InChI=1S/C22H29F3N4O5/c1-12(2)27-21(32)28-13-4-7-17-15(8-13)20(31)29(3)16-6-5-14(34-18(16)10-33-17)9-19(30)26-11-22(23,24)25/h4,7-8,12,14,16,18H,5-6,9-11H2,1-3H3,(H,26,30)(H2,27,28,32)/t14-,16-,18-/m1/s1. The zero-order chi connectivity index (χ0) is 25.0. The summed E-state index contributed by atoms with van der Waals surface area (Å²) in [5.74, 6) is -0.745. The number of alkyl halides is 3. The Morgan fingerprint density at radius 2 is 1.97 bits per heavy atom. The van der Waals surface area contributed by atoms with Crippen molar-refractivity contribution >= 4 is 23.5 Å². The highest BCUT2D eigenvalue weighted by atomic mass is 19.4. The average molecular weight is 486 g/mol. The van der Waals surface area contributed by atoms with Gasteiger partial charge in [-0.05, 0) is 44.9 Å². The van der Waals surface area contributed by atoms with Gasteiger partial charge in [0.25, 0.3) is 5.91 Å². The fourth-order valence-electron chi connectivity index (χ4n) is 4.01. The topological polar surface area (TPSA) is 109 Å². The predicted molar refractivity (Wildman–Crippen MR) is 117 cm³/mol. The maximum Gasteiger partial charge on any atom is 0.405 e. The van der Waals surface area contributed by atoms with Crippen LogP contribution in [0.15, 0.2) is 18.2 Å². The summed E-state index contributed by atoms with van der Waals surface area (Å²) in [6.07, 6.45) is -4.91. The number of carbonyl (C=O) groups is 3. The third kappa shape index (κ3) is 6.75. The monoisotopic (exact) mass is 486 g/mol. The van der Waals surface area contributed by atoms with Crippen LogP contribution in [0.2, 0.25) is 0 Å². The number of hydrogen-bond donors (Lipinski definition) is 3. The number of fused-ring (bicyclic) bond motifs is 2. The molecule has 9 nitrogen and oxygen atoms in total. The van der Waals surface area contributed by atoms with Gasteiger partial charge in [-0.1, -0.05) is 0 Å². The number of anilines is 1. The molecule has 0 saturated carbocycles. The predicted octanol–water partition coefficient (Wildman–Crippen LogP) is 2.67. The molecule has 12 heteroatoms. The largest absolute Gasteiger partial charge is 0.490 e. The number of ether oxygens (including phenoxy) is 2. The molecule has 2 heterocycles. The van der Waals surface area contributed by atoms with Crippen molar-refractivity contribution in [1.82, 2.24) is 15.5 Å². The number of likely N-dealkylation sites (N-methyl/N-ethyl adjacent to an activating group) is 1. The van der Waals surface area contributed by atoms with E-state index in [-0.39, 0.29) is 36.6 Å². The minimum Gasteiger partial charge on any atom is -0.490 e. The maximum atomic E-state index is 13.2. The average Bonchev–Trinajstić information content (AvgIpc) is 2.74. The Kier molecular flexibility index (Phi) is 7.90. The fraction of sp³-hybridized carbons (Fsp3) is 0.591.